The van der Waals surface area contributed by atoms with E-state index in [1.807, 2.05) is 0 Å². The lowest BCUT2D eigenvalue weighted by molar-refractivity contribution is -0.121. The summed E-state index contributed by atoms with van der Waals surface area (Å²) in [6.45, 7) is 0. The van der Waals surface area contributed by atoms with Crippen LogP contribution in [0.3, 0.4) is 0 Å². The summed E-state index contributed by atoms with van der Waals surface area (Å²) in [6, 6.07) is -0.0996. The number of allylic oxidation sites excluding steroid dienone is 2. The zero-order valence-electron chi connectivity index (χ0n) is 7.25. The van der Waals surface area contributed by atoms with E-state index >= 15 is 0 Å². The molecule has 1 aliphatic heterocycles. The minimum atomic E-state index is -0.0996. The lowest BCUT2D eigenvalue weighted by atomic mass is 9.88. The molecule has 1 aliphatic carbocycles. The maximum Gasteiger partial charge on any atom is 0.248 e. The molecular formula is C9H12N2OS. The topological polar surface area (TPSA) is 41.1 Å². The molecule has 0 aromatic rings. The largest absolute Gasteiger partial charge is 0.350 e. The predicted octanol–water partition coefficient (Wildman–Crippen LogP) is 0.716. The number of carbonyl (C=O) groups excluding carboxylic acids is 1. The van der Waals surface area contributed by atoms with Crippen LogP contribution < -0.4 is 10.6 Å². The normalized spacial score (nSPS) is 32.9. The Hall–Kier alpha value is -0.900. The van der Waals surface area contributed by atoms with Crippen LogP contribution in [-0.2, 0) is 4.79 Å². The van der Waals surface area contributed by atoms with Gasteiger partial charge >= 0.3 is 0 Å². The van der Waals surface area contributed by atoms with E-state index in [0.717, 1.165) is 19.3 Å². The molecule has 2 atom stereocenters. The van der Waals surface area contributed by atoms with Crippen LogP contribution in [0.2, 0.25) is 0 Å². The van der Waals surface area contributed by atoms with Gasteiger partial charge in [-0.15, -0.1) is 0 Å². The molecule has 0 aromatic carbocycles. The Labute approximate surface area is 82.6 Å². The van der Waals surface area contributed by atoms with Crippen molar-refractivity contribution in [3.8, 4) is 0 Å². The highest BCUT2D eigenvalue weighted by Crippen LogP contribution is 2.23. The Morgan fingerprint density at radius 3 is 2.85 bits per heavy atom. The van der Waals surface area contributed by atoms with Crippen molar-refractivity contribution in [1.29, 1.82) is 0 Å². The second-order valence-electron chi connectivity index (χ2n) is 3.48. The molecule has 2 aliphatic rings. The highest BCUT2D eigenvalue weighted by Gasteiger charge is 2.33. The van der Waals surface area contributed by atoms with Crippen molar-refractivity contribution >= 4 is 23.2 Å². The number of rotatable bonds is 1. The van der Waals surface area contributed by atoms with Gasteiger partial charge in [-0.2, -0.15) is 0 Å². The second kappa shape index (κ2) is 3.46. The molecule has 0 radical (unpaired) electrons. The summed E-state index contributed by atoms with van der Waals surface area (Å²) >= 11 is 4.88. The van der Waals surface area contributed by atoms with E-state index in [9.17, 15) is 4.79 Å². The number of amides is 1. The lowest BCUT2D eigenvalue weighted by Crippen LogP contribution is -2.37. The van der Waals surface area contributed by atoms with E-state index in [0.29, 0.717) is 11.0 Å². The molecule has 1 heterocycles. The van der Waals surface area contributed by atoms with E-state index in [4.69, 9.17) is 12.2 Å². The molecule has 2 rings (SSSR count). The maximum absolute atomic E-state index is 11.4. The first-order valence-corrected chi connectivity index (χ1v) is 4.94. The fraction of sp³-hybridized carbons (Fsp3) is 0.556. The summed E-state index contributed by atoms with van der Waals surface area (Å²) in [7, 11) is 0. The zero-order valence-corrected chi connectivity index (χ0v) is 8.06. The van der Waals surface area contributed by atoms with Crippen LogP contribution in [0.4, 0.5) is 0 Å². The number of hydrogen-bond acceptors (Lipinski definition) is 2. The molecule has 1 amide bonds. The van der Waals surface area contributed by atoms with Crippen molar-refractivity contribution in [3.63, 3.8) is 0 Å². The third kappa shape index (κ3) is 1.72. The number of thiocarbonyl (C=S) groups is 1. The van der Waals surface area contributed by atoms with Crippen molar-refractivity contribution in [2.75, 3.05) is 0 Å². The van der Waals surface area contributed by atoms with E-state index in [-0.39, 0.29) is 11.9 Å². The predicted molar refractivity (Wildman–Crippen MR) is 54.1 cm³/mol. The Balaban J connectivity index is 2.04. The van der Waals surface area contributed by atoms with Gasteiger partial charge in [-0.1, -0.05) is 12.2 Å². The monoisotopic (exact) mass is 196 g/mol. The number of hydrogen-bond donors (Lipinski definition) is 2. The van der Waals surface area contributed by atoms with E-state index in [1.54, 1.807) is 0 Å². The van der Waals surface area contributed by atoms with Crippen molar-refractivity contribution < 1.29 is 4.79 Å². The molecule has 2 unspecified atom stereocenters. The van der Waals surface area contributed by atoms with Gasteiger partial charge in [0.2, 0.25) is 5.91 Å². The quantitative estimate of drug-likeness (QED) is 0.479. The first-order valence-electron chi connectivity index (χ1n) is 4.54. The molecule has 70 valence electrons. The van der Waals surface area contributed by atoms with Crippen LogP contribution in [0.5, 0.6) is 0 Å². The van der Waals surface area contributed by atoms with Gasteiger partial charge in [0.1, 0.15) is 6.04 Å². The van der Waals surface area contributed by atoms with Gasteiger partial charge in [-0.25, -0.2) is 0 Å². The maximum atomic E-state index is 11.4. The van der Waals surface area contributed by atoms with Crippen LogP contribution in [0, 0.1) is 5.92 Å². The Kier molecular flexibility index (Phi) is 2.31. The van der Waals surface area contributed by atoms with Crippen LogP contribution in [0.1, 0.15) is 19.3 Å². The average Bonchev–Trinajstić information content (AvgIpc) is 2.47. The van der Waals surface area contributed by atoms with Crippen LogP contribution in [-0.4, -0.2) is 17.1 Å². The van der Waals surface area contributed by atoms with Gasteiger partial charge in [0, 0.05) is 0 Å². The Morgan fingerprint density at radius 2 is 2.31 bits per heavy atom. The highest BCUT2D eigenvalue weighted by atomic mass is 32.1. The van der Waals surface area contributed by atoms with Gasteiger partial charge < -0.3 is 10.6 Å². The molecule has 0 saturated carbocycles. The Bertz CT molecular complexity index is 275. The second-order valence-corrected chi connectivity index (χ2v) is 3.89. The SMILES string of the molecule is O=C1NC(=S)NC1C1CC=CCC1. The van der Waals surface area contributed by atoms with Crippen LogP contribution in [0.25, 0.3) is 0 Å². The number of nitrogens with one attached hydrogen (secondary N) is 2. The molecule has 2 N–H and O–H groups in total. The van der Waals surface area contributed by atoms with E-state index < -0.39 is 0 Å². The molecule has 3 nitrogen and oxygen atoms in total. The van der Waals surface area contributed by atoms with Gasteiger partial charge in [0.15, 0.2) is 5.11 Å². The van der Waals surface area contributed by atoms with Crippen molar-refractivity contribution in [3.05, 3.63) is 12.2 Å². The smallest absolute Gasteiger partial charge is 0.248 e. The van der Waals surface area contributed by atoms with E-state index in [1.165, 1.54) is 0 Å². The average molecular weight is 196 g/mol. The summed E-state index contributed by atoms with van der Waals surface area (Å²) in [5, 5.41) is 6.11. The van der Waals surface area contributed by atoms with Gasteiger partial charge in [0.25, 0.3) is 0 Å². The lowest BCUT2D eigenvalue weighted by Gasteiger charge is -2.22. The highest BCUT2D eigenvalue weighted by molar-refractivity contribution is 7.80. The third-order valence-corrected chi connectivity index (χ3v) is 2.81. The molecule has 4 heteroatoms. The summed E-state index contributed by atoms with van der Waals surface area (Å²) in [5.41, 5.74) is 0. The molecular weight excluding hydrogens is 184 g/mol. The molecule has 0 bridgehead atoms. The van der Waals surface area contributed by atoms with Crippen molar-refractivity contribution in [2.24, 2.45) is 5.92 Å². The molecule has 1 fully saturated rings. The minimum absolute atomic E-state index is 0.0327. The fourth-order valence-corrected chi connectivity index (χ4v) is 2.11. The third-order valence-electron chi connectivity index (χ3n) is 2.59. The molecule has 13 heavy (non-hydrogen) atoms. The molecule has 0 aromatic heterocycles. The Morgan fingerprint density at radius 1 is 1.46 bits per heavy atom. The van der Waals surface area contributed by atoms with Gasteiger partial charge in [0.05, 0.1) is 0 Å². The summed E-state index contributed by atoms with van der Waals surface area (Å²) < 4.78 is 0. The van der Waals surface area contributed by atoms with Gasteiger partial charge in [-0.05, 0) is 37.4 Å². The van der Waals surface area contributed by atoms with Gasteiger partial charge in [-0.3, -0.25) is 4.79 Å². The summed E-state index contributed by atoms with van der Waals surface area (Å²) in [4.78, 5) is 11.4. The van der Waals surface area contributed by atoms with Crippen molar-refractivity contribution in [2.45, 2.75) is 25.3 Å². The molecule has 1 saturated heterocycles. The first-order chi connectivity index (χ1) is 6.27. The molecule has 0 spiro atoms. The minimum Gasteiger partial charge on any atom is -0.350 e. The zero-order chi connectivity index (χ0) is 9.26. The summed E-state index contributed by atoms with van der Waals surface area (Å²) in [5.74, 6) is 0.441. The summed E-state index contributed by atoms with van der Waals surface area (Å²) in [6.07, 6.45) is 7.44. The van der Waals surface area contributed by atoms with Crippen LogP contribution in [0.15, 0.2) is 12.2 Å². The first kappa shape index (κ1) is 8.69. The number of carbonyl (C=O) groups is 1. The standard InChI is InChI=1S/C9H12N2OS/c12-8-7(10-9(13)11-8)6-4-2-1-3-5-6/h1-2,6-7H,3-5H2,(H2,10,11,12,13). The van der Waals surface area contributed by atoms with Crippen molar-refractivity contribution in [1.82, 2.24) is 10.6 Å². The van der Waals surface area contributed by atoms with E-state index in [2.05, 4.69) is 22.8 Å². The fourth-order valence-electron chi connectivity index (χ4n) is 1.88. The van der Waals surface area contributed by atoms with Crippen LogP contribution >= 0.6 is 12.2 Å².